The largest absolute Gasteiger partial charge is 0.495 e. The van der Waals surface area contributed by atoms with Crippen molar-refractivity contribution >= 4 is 21.6 Å². The van der Waals surface area contributed by atoms with Crippen molar-refractivity contribution in [2.24, 2.45) is 11.3 Å². The van der Waals surface area contributed by atoms with Crippen LogP contribution in [0.15, 0.2) is 22.7 Å². The summed E-state index contributed by atoms with van der Waals surface area (Å²) in [5.74, 6) is 1.63. The number of halogens is 1. The van der Waals surface area contributed by atoms with Gasteiger partial charge in [0.05, 0.1) is 12.8 Å². The Balaban J connectivity index is 2.20. The number of ether oxygens (including phenoxy) is 1. The third kappa shape index (κ3) is 3.69. The van der Waals surface area contributed by atoms with Gasteiger partial charge in [-0.15, -0.1) is 0 Å². The summed E-state index contributed by atoms with van der Waals surface area (Å²) in [7, 11) is 1.73. The van der Waals surface area contributed by atoms with Crippen molar-refractivity contribution < 1.29 is 4.74 Å². The Kier molecular flexibility index (Phi) is 5.00. The van der Waals surface area contributed by atoms with Crippen LogP contribution >= 0.6 is 15.9 Å². The molecule has 0 aliphatic heterocycles. The number of rotatable bonds is 3. The summed E-state index contributed by atoms with van der Waals surface area (Å²) in [5, 5.41) is 3.74. The third-order valence-electron chi connectivity index (χ3n) is 4.38. The molecule has 1 saturated carbocycles. The Hall–Kier alpha value is -0.700. The molecule has 3 heteroatoms. The highest BCUT2D eigenvalue weighted by atomic mass is 79.9. The molecule has 2 atom stereocenters. The molecule has 0 saturated heterocycles. The molecule has 1 N–H and O–H groups in total. The Morgan fingerprint density at radius 1 is 1.20 bits per heavy atom. The fourth-order valence-corrected chi connectivity index (χ4v) is 3.69. The maximum absolute atomic E-state index is 5.48. The first-order valence-electron chi connectivity index (χ1n) is 7.52. The van der Waals surface area contributed by atoms with Gasteiger partial charge in [0.1, 0.15) is 5.75 Å². The lowest BCUT2D eigenvalue weighted by atomic mass is 9.69. The molecule has 0 heterocycles. The second-order valence-electron chi connectivity index (χ2n) is 6.85. The molecule has 1 fully saturated rings. The van der Waals surface area contributed by atoms with E-state index in [-0.39, 0.29) is 0 Å². The van der Waals surface area contributed by atoms with E-state index in [0.29, 0.717) is 17.4 Å². The highest BCUT2D eigenvalue weighted by Crippen LogP contribution is 2.40. The van der Waals surface area contributed by atoms with Gasteiger partial charge in [-0.25, -0.2) is 0 Å². The van der Waals surface area contributed by atoms with Crippen molar-refractivity contribution in [3.8, 4) is 5.75 Å². The molecule has 20 heavy (non-hydrogen) atoms. The maximum Gasteiger partial charge on any atom is 0.142 e. The van der Waals surface area contributed by atoms with Crippen LogP contribution in [0.5, 0.6) is 5.75 Å². The number of benzene rings is 1. The predicted octanol–water partition coefficient (Wildman–Crippen LogP) is 5.47. The van der Waals surface area contributed by atoms with Crippen molar-refractivity contribution in [2.75, 3.05) is 12.4 Å². The highest BCUT2D eigenvalue weighted by molar-refractivity contribution is 9.10. The van der Waals surface area contributed by atoms with E-state index in [9.17, 15) is 0 Å². The van der Waals surface area contributed by atoms with Crippen molar-refractivity contribution in [3.05, 3.63) is 22.7 Å². The lowest BCUT2D eigenvalue weighted by Crippen LogP contribution is -2.39. The van der Waals surface area contributed by atoms with Crippen LogP contribution in [0.2, 0.25) is 0 Å². The molecule has 2 nitrogen and oxygen atoms in total. The van der Waals surface area contributed by atoms with Gasteiger partial charge in [-0.05, 0) is 42.4 Å². The Labute approximate surface area is 131 Å². The third-order valence-corrected chi connectivity index (χ3v) is 4.87. The Bertz CT molecular complexity index is 453. The van der Waals surface area contributed by atoms with Crippen LogP contribution in [-0.4, -0.2) is 13.2 Å². The van der Waals surface area contributed by atoms with E-state index < -0.39 is 0 Å². The Morgan fingerprint density at radius 3 is 2.55 bits per heavy atom. The van der Waals surface area contributed by atoms with Crippen molar-refractivity contribution in [2.45, 2.75) is 52.5 Å². The summed E-state index contributed by atoms with van der Waals surface area (Å²) >= 11 is 3.55. The molecule has 0 amide bonds. The van der Waals surface area contributed by atoms with E-state index in [4.69, 9.17) is 4.74 Å². The Morgan fingerprint density at radius 2 is 1.90 bits per heavy atom. The molecule has 0 aromatic heterocycles. The summed E-state index contributed by atoms with van der Waals surface area (Å²) in [5.41, 5.74) is 1.44. The highest BCUT2D eigenvalue weighted by Gasteiger charge is 2.34. The SMILES string of the molecule is COc1ccc(Br)cc1NC1CCCCC1C(C)(C)C. The van der Waals surface area contributed by atoms with Crippen molar-refractivity contribution in [3.63, 3.8) is 0 Å². The smallest absolute Gasteiger partial charge is 0.142 e. The molecule has 1 aliphatic rings. The summed E-state index contributed by atoms with van der Waals surface area (Å²) < 4.78 is 6.57. The topological polar surface area (TPSA) is 21.3 Å². The van der Waals surface area contributed by atoms with Gasteiger partial charge in [0, 0.05) is 10.5 Å². The maximum atomic E-state index is 5.48. The minimum Gasteiger partial charge on any atom is -0.495 e. The molecule has 1 aromatic rings. The number of nitrogens with one attached hydrogen (secondary N) is 1. The zero-order valence-electron chi connectivity index (χ0n) is 13.0. The van der Waals surface area contributed by atoms with E-state index in [2.05, 4.69) is 48.1 Å². The van der Waals surface area contributed by atoms with E-state index >= 15 is 0 Å². The predicted molar refractivity (Wildman–Crippen MR) is 89.5 cm³/mol. The minimum absolute atomic E-state index is 0.345. The molecule has 0 radical (unpaired) electrons. The second-order valence-corrected chi connectivity index (χ2v) is 7.77. The standard InChI is InChI=1S/C17H26BrNO/c1-17(2,3)13-7-5-6-8-14(13)19-15-11-12(18)9-10-16(15)20-4/h9-11,13-14,19H,5-8H2,1-4H3. The van der Waals surface area contributed by atoms with E-state index in [1.807, 2.05) is 12.1 Å². The summed E-state index contributed by atoms with van der Waals surface area (Å²) in [6, 6.07) is 6.69. The molecule has 1 aliphatic carbocycles. The van der Waals surface area contributed by atoms with Crippen LogP contribution in [0.3, 0.4) is 0 Å². The van der Waals surface area contributed by atoms with Gasteiger partial charge in [0.2, 0.25) is 0 Å². The fourth-order valence-electron chi connectivity index (χ4n) is 3.33. The van der Waals surface area contributed by atoms with Gasteiger partial charge in [-0.1, -0.05) is 49.5 Å². The zero-order chi connectivity index (χ0) is 14.8. The lowest BCUT2D eigenvalue weighted by molar-refractivity contribution is 0.162. The average Bonchev–Trinajstić information content (AvgIpc) is 2.38. The van der Waals surface area contributed by atoms with Gasteiger partial charge in [-0.2, -0.15) is 0 Å². The van der Waals surface area contributed by atoms with Gasteiger partial charge >= 0.3 is 0 Å². The van der Waals surface area contributed by atoms with Crippen LogP contribution in [0.1, 0.15) is 46.5 Å². The zero-order valence-corrected chi connectivity index (χ0v) is 14.6. The number of methoxy groups -OCH3 is 1. The second kappa shape index (κ2) is 6.38. The van der Waals surface area contributed by atoms with Crippen molar-refractivity contribution in [1.29, 1.82) is 0 Å². The quantitative estimate of drug-likeness (QED) is 0.787. The van der Waals surface area contributed by atoms with E-state index in [0.717, 1.165) is 15.9 Å². The first kappa shape index (κ1) is 15.7. The van der Waals surface area contributed by atoms with E-state index in [1.54, 1.807) is 7.11 Å². The molecular formula is C17H26BrNO. The molecule has 0 bridgehead atoms. The number of hydrogen-bond acceptors (Lipinski definition) is 2. The normalized spacial score (nSPS) is 23.4. The average molecular weight is 340 g/mol. The van der Waals surface area contributed by atoms with Crippen molar-refractivity contribution in [1.82, 2.24) is 0 Å². The summed E-state index contributed by atoms with van der Waals surface area (Å²) in [6.45, 7) is 7.07. The molecule has 1 aromatic carbocycles. The van der Waals surface area contributed by atoms with E-state index in [1.165, 1.54) is 25.7 Å². The summed E-state index contributed by atoms with van der Waals surface area (Å²) in [4.78, 5) is 0. The lowest BCUT2D eigenvalue weighted by Gasteiger charge is -2.41. The first-order chi connectivity index (χ1) is 9.41. The van der Waals surface area contributed by atoms with Crippen LogP contribution in [0, 0.1) is 11.3 Å². The van der Waals surface area contributed by atoms with Crippen LogP contribution < -0.4 is 10.1 Å². The monoisotopic (exact) mass is 339 g/mol. The van der Waals surface area contributed by atoms with Crippen LogP contribution in [-0.2, 0) is 0 Å². The van der Waals surface area contributed by atoms with Gasteiger partial charge in [-0.3, -0.25) is 0 Å². The fraction of sp³-hybridized carbons (Fsp3) is 0.647. The van der Waals surface area contributed by atoms with Gasteiger partial charge in [0.15, 0.2) is 0 Å². The van der Waals surface area contributed by atoms with Crippen LogP contribution in [0.25, 0.3) is 0 Å². The number of anilines is 1. The summed E-state index contributed by atoms with van der Waals surface area (Å²) in [6.07, 6.45) is 5.24. The molecule has 2 unspecified atom stereocenters. The minimum atomic E-state index is 0.345. The molecular weight excluding hydrogens is 314 g/mol. The molecule has 112 valence electrons. The molecule has 0 spiro atoms. The first-order valence-corrected chi connectivity index (χ1v) is 8.31. The van der Waals surface area contributed by atoms with Gasteiger partial charge < -0.3 is 10.1 Å². The van der Waals surface area contributed by atoms with Gasteiger partial charge in [0.25, 0.3) is 0 Å². The van der Waals surface area contributed by atoms with Crippen LogP contribution in [0.4, 0.5) is 5.69 Å². The molecule has 2 rings (SSSR count). The number of hydrogen-bond donors (Lipinski definition) is 1.